The number of aromatic nitrogens is 1. The Balaban J connectivity index is 2.22. The van der Waals surface area contributed by atoms with Crippen LogP contribution in [0.25, 0.3) is 0 Å². The van der Waals surface area contributed by atoms with Gasteiger partial charge in [-0.05, 0) is 17.4 Å². The van der Waals surface area contributed by atoms with Crippen LogP contribution in [0.4, 0.5) is 5.13 Å². The largest absolute Gasteiger partial charge is 0.465 e. The van der Waals surface area contributed by atoms with Gasteiger partial charge in [0.25, 0.3) is 0 Å². The molecule has 2 aromatic rings. The number of hydrogen-bond acceptors (Lipinski definition) is 6. The van der Waals surface area contributed by atoms with Gasteiger partial charge in [-0.25, -0.2) is 9.78 Å². The van der Waals surface area contributed by atoms with Gasteiger partial charge in [-0.2, -0.15) is 0 Å². The summed E-state index contributed by atoms with van der Waals surface area (Å²) in [4.78, 5) is 17.3. The van der Waals surface area contributed by atoms with E-state index < -0.39 is 5.97 Å². The van der Waals surface area contributed by atoms with E-state index in [1.807, 2.05) is 11.4 Å². The summed E-state index contributed by atoms with van der Waals surface area (Å²) in [6, 6.07) is 4.24. The highest BCUT2D eigenvalue weighted by atomic mass is 35.5. The van der Waals surface area contributed by atoms with Gasteiger partial charge in [-0.1, -0.05) is 42.9 Å². The first-order valence-electron chi connectivity index (χ1n) is 6.07. The summed E-state index contributed by atoms with van der Waals surface area (Å²) < 4.78 is 4.68. The van der Waals surface area contributed by atoms with Crippen LogP contribution in [0.3, 0.4) is 0 Å². The van der Waals surface area contributed by atoms with E-state index in [4.69, 9.17) is 11.6 Å². The molecule has 0 spiro atoms. The second-order valence-corrected chi connectivity index (χ2v) is 6.85. The van der Waals surface area contributed by atoms with E-state index >= 15 is 0 Å². The lowest BCUT2D eigenvalue weighted by Crippen LogP contribution is -2.15. The summed E-state index contributed by atoms with van der Waals surface area (Å²) in [5.74, 6) is -0.0735. The second-order valence-electron chi connectivity index (χ2n) is 4.51. The highest BCUT2D eigenvalue weighted by Crippen LogP contribution is 2.34. The number of thiazole rings is 1. The predicted molar refractivity (Wildman–Crippen MR) is 84.0 cm³/mol. The Morgan fingerprint density at radius 1 is 1.50 bits per heavy atom. The van der Waals surface area contributed by atoms with Crippen molar-refractivity contribution in [3.63, 3.8) is 0 Å². The lowest BCUT2D eigenvalue weighted by molar-refractivity contribution is 0.0606. The maximum absolute atomic E-state index is 11.5. The first-order valence-corrected chi connectivity index (χ1v) is 8.15. The van der Waals surface area contributed by atoms with Crippen LogP contribution in [0.5, 0.6) is 0 Å². The number of ether oxygens (including phenoxy) is 1. The molecule has 108 valence electrons. The second kappa shape index (κ2) is 6.56. The SMILES string of the molecule is COC(=O)c1sc(NC(c2cccs2)C(C)C)nc1Cl. The third-order valence-electron chi connectivity index (χ3n) is 2.75. The van der Waals surface area contributed by atoms with Crippen LogP contribution < -0.4 is 5.32 Å². The van der Waals surface area contributed by atoms with Crippen LogP contribution in [0.1, 0.15) is 34.4 Å². The average molecular weight is 331 g/mol. The van der Waals surface area contributed by atoms with Crippen molar-refractivity contribution >= 4 is 45.4 Å². The Morgan fingerprint density at radius 2 is 2.25 bits per heavy atom. The molecule has 0 bridgehead atoms. The number of thiophene rings is 1. The fraction of sp³-hybridized carbons (Fsp3) is 0.385. The molecule has 0 radical (unpaired) electrons. The van der Waals surface area contributed by atoms with Crippen molar-refractivity contribution in [3.8, 4) is 0 Å². The molecule has 0 saturated heterocycles. The fourth-order valence-electron chi connectivity index (χ4n) is 1.75. The van der Waals surface area contributed by atoms with Gasteiger partial charge in [0, 0.05) is 4.88 Å². The van der Waals surface area contributed by atoms with E-state index in [1.165, 1.54) is 23.3 Å². The first kappa shape index (κ1) is 15.3. The number of nitrogens with zero attached hydrogens (tertiary/aromatic N) is 1. The number of carbonyl (C=O) groups excluding carboxylic acids is 1. The van der Waals surface area contributed by atoms with Crippen LogP contribution >= 0.6 is 34.3 Å². The smallest absolute Gasteiger partial charge is 0.351 e. The molecule has 2 rings (SSSR count). The van der Waals surface area contributed by atoms with E-state index in [-0.39, 0.29) is 11.2 Å². The van der Waals surface area contributed by atoms with Crippen molar-refractivity contribution in [3.05, 3.63) is 32.4 Å². The van der Waals surface area contributed by atoms with Crippen LogP contribution in [-0.2, 0) is 4.74 Å². The van der Waals surface area contributed by atoms with E-state index in [1.54, 1.807) is 11.3 Å². The van der Waals surface area contributed by atoms with Gasteiger partial charge in [0.2, 0.25) is 0 Å². The topological polar surface area (TPSA) is 51.2 Å². The van der Waals surface area contributed by atoms with Gasteiger partial charge >= 0.3 is 5.97 Å². The third kappa shape index (κ3) is 3.31. The molecule has 0 aromatic carbocycles. The fourth-order valence-corrected chi connectivity index (χ4v) is 3.84. The van der Waals surface area contributed by atoms with Crippen molar-refractivity contribution < 1.29 is 9.53 Å². The maximum atomic E-state index is 11.5. The molecule has 0 aliphatic carbocycles. The van der Waals surface area contributed by atoms with Gasteiger partial charge in [-0.3, -0.25) is 0 Å². The molecule has 2 heterocycles. The van der Waals surface area contributed by atoms with Crippen molar-refractivity contribution in [1.29, 1.82) is 0 Å². The molecule has 20 heavy (non-hydrogen) atoms. The van der Waals surface area contributed by atoms with Crippen LogP contribution in [-0.4, -0.2) is 18.1 Å². The number of esters is 1. The monoisotopic (exact) mass is 330 g/mol. The predicted octanol–water partition coefficient (Wildman–Crippen LogP) is 4.45. The summed E-state index contributed by atoms with van der Waals surface area (Å²) in [6.45, 7) is 4.27. The van der Waals surface area contributed by atoms with E-state index in [0.717, 1.165) is 0 Å². The number of hydrogen-bond donors (Lipinski definition) is 1. The van der Waals surface area contributed by atoms with Crippen LogP contribution in [0, 0.1) is 5.92 Å². The third-order valence-corrected chi connectivity index (χ3v) is 5.06. The maximum Gasteiger partial charge on any atom is 0.351 e. The molecule has 1 N–H and O–H groups in total. The molecule has 0 amide bonds. The van der Waals surface area contributed by atoms with Gasteiger partial charge in [0.05, 0.1) is 13.2 Å². The number of methoxy groups -OCH3 is 1. The highest BCUT2D eigenvalue weighted by molar-refractivity contribution is 7.18. The first-order chi connectivity index (χ1) is 9.52. The zero-order chi connectivity index (χ0) is 14.7. The molecular formula is C13H15ClN2O2S2. The van der Waals surface area contributed by atoms with Crippen molar-refractivity contribution in [2.75, 3.05) is 12.4 Å². The Bertz CT molecular complexity index is 581. The molecule has 0 fully saturated rings. The number of halogens is 1. The van der Waals surface area contributed by atoms with E-state index in [2.05, 4.69) is 35.0 Å². The molecule has 7 heteroatoms. The van der Waals surface area contributed by atoms with Crippen molar-refractivity contribution in [2.24, 2.45) is 5.92 Å². The minimum Gasteiger partial charge on any atom is -0.465 e. The molecule has 4 nitrogen and oxygen atoms in total. The molecule has 1 atom stereocenters. The lowest BCUT2D eigenvalue weighted by Gasteiger charge is -2.20. The Morgan fingerprint density at radius 3 is 2.80 bits per heavy atom. The average Bonchev–Trinajstić information content (AvgIpc) is 3.04. The molecular weight excluding hydrogens is 316 g/mol. The summed E-state index contributed by atoms with van der Waals surface area (Å²) in [6.07, 6.45) is 0. The quantitative estimate of drug-likeness (QED) is 0.823. The highest BCUT2D eigenvalue weighted by Gasteiger charge is 2.22. The zero-order valence-corrected chi connectivity index (χ0v) is 13.7. The molecule has 1 unspecified atom stereocenters. The van der Waals surface area contributed by atoms with Gasteiger partial charge in [-0.15, -0.1) is 11.3 Å². The summed E-state index contributed by atoms with van der Waals surface area (Å²) >= 11 is 8.87. The lowest BCUT2D eigenvalue weighted by atomic mass is 10.0. The zero-order valence-electron chi connectivity index (χ0n) is 11.3. The summed E-state index contributed by atoms with van der Waals surface area (Å²) in [7, 11) is 1.33. The normalized spacial score (nSPS) is 12.4. The Hall–Kier alpha value is -1.11. The standard InChI is InChI=1S/C13H15ClN2O2S2/c1-7(2)9(8-5-4-6-19-8)15-13-16-11(14)10(20-13)12(17)18-3/h4-7,9H,1-3H3,(H,15,16). The van der Waals surface area contributed by atoms with Crippen LogP contribution in [0.15, 0.2) is 17.5 Å². The van der Waals surface area contributed by atoms with E-state index in [9.17, 15) is 4.79 Å². The van der Waals surface area contributed by atoms with Crippen molar-refractivity contribution in [1.82, 2.24) is 4.98 Å². The van der Waals surface area contributed by atoms with Gasteiger partial charge < -0.3 is 10.1 Å². The van der Waals surface area contributed by atoms with E-state index in [0.29, 0.717) is 15.9 Å². The minimum atomic E-state index is -0.460. The minimum absolute atomic E-state index is 0.141. The molecule has 0 saturated carbocycles. The van der Waals surface area contributed by atoms with Gasteiger partial charge in [0.1, 0.15) is 0 Å². The number of rotatable bonds is 5. The van der Waals surface area contributed by atoms with Gasteiger partial charge in [0.15, 0.2) is 15.2 Å². The van der Waals surface area contributed by atoms with Crippen LogP contribution in [0.2, 0.25) is 5.15 Å². The Kier molecular flexibility index (Phi) is 5.01. The number of carbonyl (C=O) groups is 1. The summed E-state index contributed by atoms with van der Waals surface area (Å²) in [5, 5.41) is 6.20. The number of nitrogens with one attached hydrogen (secondary N) is 1. The molecule has 2 aromatic heterocycles. The molecule has 0 aliphatic heterocycles. The Labute approximate surface area is 130 Å². The summed E-state index contributed by atoms with van der Waals surface area (Å²) in [5.41, 5.74) is 0. The number of anilines is 1. The van der Waals surface area contributed by atoms with Crippen molar-refractivity contribution in [2.45, 2.75) is 19.9 Å². The molecule has 0 aliphatic rings.